The zero-order valence-corrected chi connectivity index (χ0v) is 16.9. The Kier molecular flexibility index (Phi) is 4.89. The number of ether oxygens (including phenoxy) is 2. The maximum atomic E-state index is 12.7. The van der Waals surface area contributed by atoms with Crippen molar-refractivity contribution in [3.63, 3.8) is 0 Å². The van der Waals surface area contributed by atoms with Gasteiger partial charge in [0.25, 0.3) is 0 Å². The highest BCUT2D eigenvalue weighted by atomic mass is 16.5. The molecule has 0 radical (unpaired) electrons. The molecular weight excluding hydrogens is 378 g/mol. The fraction of sp³-hybridized carbons (Fsp3) is 0.240. The van der Waals surface area contributed by atoms with Gasteiger partial charge < -0.3 is 18.8 Å². The summed E-state index contributed by atoms with van der Waals surface area (Å²) < 4.78 is 17.7. The van der Waals surface area contributed by atoms with Gasteiger partial charge in [0.15, 0.2) is 11.3 Å². The summed E-state index contributed by atoms with van der Waals surface area (Å²) in [6.07, 6.45) is 0. The minimum Gasteiger partial charge on any atom is -0.488 e. The van der Waals surface area contributed by atoms with Crippen molar-refractivity contribution in [2.24, 2.45) is 0 Å². The Balaban J connectivity index is 1.48. The molecule has 1 saturated heterocycles. The lowest BCUT2D eigenvalue weighted by atomic mass is 10.1. The van der Waals surface area contributed by atoms with Crippen molar-refractivity contribution < 1.29 is 13.9 Å². The zero-order valence-electron chi connectivity index (χ0n) is 16.9. The molecule has 0 aliphatic carbocycles. The predicted molar refractivity (Wildman–Crippen MR) is 119 cm³/mol. The maximum Gasteiger partial charge on any atom is 0.200 e. The van der Waals surface area contributed by atoms with E-state index in [0.717, 1.165) is 16.9 Å². The third-order valence-corrected chi connectivity index (χ3v) is 5.67. The maximum absolute atomic E-state index is 12.7. The Hall–Kier alpha value is -3.31. The first-order valence-electron chi connectivity index (χ1n) is 10.2. The fourth-order valence-corrected chi connectivity index (χ4v) is 3.99. The number of morpholine rings is 1. The molecule has 4 aromatic rings. The van der Waals surface area contributed by atoms with E-state index in [9.17, 15) is 4.79 Å². The van der Waals surface area contributed by atoms with Gasteiger partial charge in [-0.1, -0.05) is 42.5 Å². The van der Waals surface area contributed by atoms with Gasteiger partial charge in [0.05, 0.1) is 18.6 Å². The van der Waals surface area contributed by atoms with E-state index in [0.29, 0.717) is 49.8 Å². The van der Waals surface area contributed by atoms with Crippen molar-refractivity contribution in [2.75, 3.05) is 31.2 Å². The van der Waals surface area contributed by atoms with E-state index >= 15 is 0 Å². The lowest BCUT2D eigenvalue weighted by molar-refractivity contribution is 0.121. The Morgan fingerprint density at radius 1 is 0.967 bits per heavy atom. The highest BCUT2D eigenvalue weighted by Gasteiger charge is 2.17. The van der Waals surface area contributed by atoms with Crippen molar-refractivity contribution in [3.05, 3.63) is 82.0 Å². The molecule has 30 heavy (non-hydrogen) atoms. The molecule has 0 unspecified atom stereocenters. The fourth-order valence-electron chi connectivity index (χ4n) is 3.99. The quantitative estimate of drug-likeness (QED) is 0.497. The normalized spacial score (nSPS) is 14.4. The second-order valence-electron chi connectivity index (χ2n) is 7.54. The average Bonchev–Trinajstić information content (AvgIpc) is 2.79. The van der Waals surface area contributed by atoms with Crippen LogP contribution in [-0.2, 0) is 11.3 Å². The van der Waals surface area contributed by atoms with E-state index in [4.69, 9.17) is 13.9 Å². The number of anilines is 1. The van der Waals surface area contributed by atoms with Crippen LogP contribution < -0.4 is 15.1 Å². The minimum atomic E-state index is -0.0403. The number of aryl methyl sites for hydroxylation is 1. The van der Waals surface area contributed by atoms with Gasteiger partial charge in [0.2, 0.25) is 0 Å². The Morgan fingerprint density at radius 2 is 1.77 bits per heavy atom. The summed E-state index contributed by atoms with van der Waals surface area (Å²) in [5.41, 5.74) is 2.50. The largest absolute Gasteiger partial charge is 0.488 e. The summed E-state index contributed by atoms with van der Waals surface area (Å²) in [6, 6.07) is 19.7. The van der Waals surface area contributed by atoms with Gasteiger partial charge in [0, 0.05) is 24.7 Å². The van der Waals surface area contributed by atoms with Crippen molar-refractivity contribution in [3.8, 4) is 5.75 Å². The van der Waals surface area contributed by atoms with Crippen LogP contribution in [0.3, 0.4) is 0 Å². The van der Waals surface area contributed by atoms with Crippen LogP contribution in [-0.4, -0.2) is 26.3 Å². The van der Waals surface area contributed by atoms with Crippen molar-refractivity contribution in [2.45, 2.75) is 13.5 Å². The molecule has 1 aromatic heterocycles. The van der Waals surface area contributed by atoms with Crippen LogP contribution in [0.25, 0.3) is 21.7 Å². The first-order valence-corrected chi connectivity index (χ1v) is 10.2. The average molecular weight is 401 g/mol. The summed E-state index contributed by atoms with van der Waals surface area (Å²) in [6.45, 7) is 5.08. The Labute approximate surface area is 174 Å². The predicted octanol–water partition coefficient (Wildman–Crippen LogP) is 4.67. The van der Waals surface area contributed by atoms with Gasteiger partial charge in [0.1, 0.15) is 17.9 Å². The molecular formula is C25H23NO4. The van der Waals surface area contributed by atoms with E-state index in [-0.39, 0.29) is 5.43 Å². The number of nitrogens with zero attached hydrogens (tertiary/aromatic N) is 1. The highest BCUT2D eigenvalue weighted by molar-refractivity contribution is 5.86. The summed E-state index contributed by atoms with van der Waals surface area (Å²) in [7, 11) is 0. The molecule has 0 bridgehead atoms. The standard InChI is InChI=1S/C25H23NO4/c1-17-23(29-16-19-7-4-6-18-5-2-3-8-20(18)19)10-9-21-22(27)15-24(30-25(17)21)26-11-13-28-14-12-26/h2-10,15H,11-14,16H2,1H3. The smallest absolute Gasteiger partial charge is 0.200 e. The van der Waals surface area contributed by atoms with Gasteiger partial charge in [-0.3, -0.25) is 4.79 Å². The van der Waals surface area contributed by atoms with E-state index in [1.165, 1.54) is 10.8 Å². The first-order chi connectivity index (χ1) is 14.7. The number of hydrogen-bond donors (Lipinski definition) is 0. The third-order valence-electron chi connectivity index (χ3n) is 5.67. The Morgan fingerprint density at radius 3 is 2.63 bits per heavy atom. The van der Waals surface area contributed by atoms with Gasteiger partial charge >= 0.3 is 0 Å². The van der Waals surface area contributed by atoms with Crippen LogP contribution >= 0.6 is 0 Å². The van der Waals surface area contributed by atoms with Crippen LogP contribution in [0.2, 0.25) is 0 Å². The molecule has 0 saturated carbocycles. The van der Waals surface area contributed by atoms with Crippen LogP contribution in [0.1, 0.15) is 11.1 Å². The number of rotatable bonds is 4. The van der Waals surface area contributed by atoms with Gasteiger partial charge in [-0.2, -0.15) is 0 Å². The topological polar surface area (TPSA) is 51.9 Å². The molecule has 1 fully saturated rings. The molecule has 0 amide bonds. The van der Waals surface area contributed by atoms with Crippen LogP contribution in [0.15, 0.2) is 69.9 Å². The summed E-state index contributed by atoms with van der Waals surface area (Å²) in [5.74, 6) is 1.31. The second-order valence-corrected chi connectivity index (χ2v) is 7.54. The number of hydrogen-bond acceptors (Lipinski definition) is 5. The van der Waals surface area contributed by atoms with Crippen LogP contribution in [0.4, 0.5) is 5.88 Å². The van der Waals surface area contributed by atoms with Gasteiger partial charge in [-0.15, -0.1) is 0 Å². The summed E-state index contributed by atoms with van der Waals surface area (Å²) >= 11 is 0. The van der Waals surface area contributed by atoms with E-state index in [2.05, 4.69) is 24.3 Å². The number of benzene rings is 3. The molecule has 0 spiro atoms. The van der Waals surface area contributed by atoms with E-state index in [1.54, 1.807) is 12.1 Å². The third kappa shape index (κ3) is 3.42. The minimum absolute atomic E-state index is 0.0403. The molecule has 1 aliphatic rings. The lowest BCUT2D eigenvalue weighted by Gasteiger charge is -2.27. The van der Waals surface area contributed by atoms with Crippen molar-refractivity contribution in [1.29, 1.82) is 0 Å². The first kappa shape index (κ1) is 18.7. The second kappa shape index (κ2) is 7.84. The molecule has 3 aromatic carbocycles. The highest BCUT2D eigenvalue weighted by Crippen LogP contribution is 2.30. The molecule has 0 atom stereocenters. The number of fused-ring (bicyclic) bond motifs is 2. The van der Waals surface area contributed by atoms with Gasteiger partial charge in [-0.25, -0.2) is 0 Å². The van der Waals surface area contributed by atoms with Gasteiger partial charge in [-0.05, 0) is 35.4 Å². The summed E-state index contributed by atoms with van der Waals surface area (Å²) in [4.78, 5) is 14.7. The molecule has 5 heteroatoms. The zero-order chi connectivity index (χ0) is 20.5. The van der Waals surface area contributed by atoms with Crippen molar-refractivity contribution in [1.82, 2.24) is 0 Å². The Bertz CT molecular complexity index is 1270. The lowest BCUT2D eigenvalue weighted by Crippen LogP contribution is -2.36. The van der Waals surface area contributed by atoms with E-state index in [1.807, 2.05) is 36.1 Å². The van der Waals surface area contributed by atoms with Crippen LogP contribution in [0, 0.1) is 6.92 Å². The molecule has 0 N–H and O–H groups in total. The molecule has 2 heterocycles. The molecule has 5 rings (SSSR count). The monoisotopic (exact) mass is 401 g/mol. The van der Waals surface area contributed by atoms with E-state index < -0.39 is 0 Å². The SMILES string of the molecule is Cc1c(OCc2cccc3ccccc23)ccc2c(=O)cc(N3CCOCC3)oc12. The molecule has 152 valence electrons. The molecule has 1 aliphatic heterocycles. The van der Waals surface area contributed by atoms with Crippen molar-refractivity contribution >= 4 is 27.6 Å². The van der Waals surface area contributed by atoms with Crippen LogP contribution in [0.5, 0.6) is 5.75 Å². The molecule has 5 nitrogen and oxygen atoms in total. The summed E-state index contributed by atoms with van der Waals surface area (Å²) in [5, 5.41) is 2.94.